The molecule has 36 heavy (non-hydrogen) atoms. The number of amides is 1. The molecule has 7 nitrogen and oxygen atoms in total. The molecule has 5 rings (SSSR count). The van der Waals surface area contributed by atoms with Gasteiger partial charge in [-0.3, -0.25) is 9.69 Å². The molecular formula is C25H27ClF3N3O4. The minimum absolute atomic E-state index is 0.0252. The quantitative estimate of drug-likeness (QED) is 0.592. The third kappa shape index (κ3) is 4.28. The smallest absolute Gasteiger partial charge is 0.435 e. The molecule has 1 aromatic carbocycles. The normalized spacial score (nSPS) is 28.2. The third-order valence-electron chi connectivity index (χ3n) is 7.74. The number of halogens is 4. The number of carbonyl (C=O) groups excluding carboxylic acids is 2. The van der Waals surface area contributed by atoms with E-state index in [2.05, 4.69) is 4.98 Å². The molecule has 3 heterocycles. The number of esters is 1. The fraction of sp³-hybridized carbons (Fsp3) is 0.560. The molecule has 0 spiro atoms. The topological polar surface area (TPSA) is 84.7 Å². The number of carbonyl (C=O) groups is 2. The number of benzene rings is 1. The molecule has 1 aliphatic carbocycles. The minimum Gasteiger partial charge on any atom is -0.435 e. The van der Waals surface area contributed by atoms with E-state index in [1.807, 2.05) is 0 Å². The van der Waals surface area contributed by atoms with E-state index in [0.717, 1.165) is 25.7 Å². The van der Waals surface area contributed by atoms with Crippen LogP contribution in [0.1, 0.15) is 66.8 Å². The van der Waals surface area contributed by atoms with Crippen molar-refractivity contribution in [3.05, 3.63) is 52.6 Å². The van der Waals surface area contributed by atoms with Gasteiger partial charge in [0, 0.05) is 24.9 Å². The van der Waals surface area contributed by atoms with E-state index in [9.17, 15) is 27.9 Å². The van der Waals surface area contributed by atoms with Crippen LogP contribution >= 0.6 is 11.6 Å². The zero-order chi connectivity index (χ0) is 25.7. The highest BCUT2D eigenvalue weighted by molar-refractivity contribution is 6.30. The summed E-state index contributed by atoms with van der Waals surface area (Å²) in [5.41, 5.74) is -0.347. The van der Waals surface area contributed by atoms with Gasteiger partial charge < -0.3 is 14.4 Å². The number of aromatic nitrogens is 2. The van der Waals surface area contributed by atoms with Crippen LogP contribution in [-0.2, 0) is 28.1 Å². The molecule has 2 fully saturated rings. The van der Waals surface area contributed by atoms with Crippen LogP contribution in [0.15, 0.2) is 30.3 Å². The summed E-state index contributed by atoms with van der Waals surface area (Å²) in [5, 5.41) is 12.1. The molecule has 2 aliphatic heterocycles. The number of nitrogens with zero attached hydrogens (tertiary/aromatic N) is 3. The molecular weight excluding hydrogens is 499 g/mol. The summed E-state index contributed by atoms with van der Waals surface area (Å²) >= 11 is 6.31. The molecule has 4 atom stereocenters. The van der Waals surface area contributed by atoms with Crippen molar-refractivity contribution in [1.82, 2.24) is 14.5 Å². The summed E-state index contributed by atoms with van der Waals surface area (Å²) in [4.78, 5) is 31.4. The van der Waals surface area contributed by atoms with E-state index in [4.69, 9.17) is 16.3 Å². The number of rotatable bonds is 3. The van der Waals surface area contributed by atoms with Crippen LogP contribution in [-0.4, -0.2) is 49.9 Å². The van der Waals surface area contributed by atoms with Gasteiger partial charge in [0.25, 0.3) is 5.91 Å². The monoisotopic (exact) mass is 525 g/mol. The first-order valence-corrected chi connectivity index (χ1v) is 12.6. The fourth-order valence-electron chi connectivity index (χ4n) is 6.14. The number of hydrogen-bond acceptors (Lipinski definition) is 5. The van der Waals surface area contributed by atoms with Gasteiger partial charge in [0.15, 0.2) is 11.4 Å². The molecule has 3 aliphatic rings. The summed E-state index contributed by atoms with van der Waals surface area (Å²) in [7, 11) is 0. The molecule has 1 saturated heterocycles. The summed E-state index contributed by atoms with van der Waals surface area (Å²) < 4.78 is 46.4. The third-order valence-corrected chi connectivity index (χ3v) is 8.04. The lowest BCUT2D eigenvalue weighted by Crippen LogP contribution is -2.64. The Hall–Kier alpha value is -2.59. The summed E-state index contributed by atoms with van der Waals surface area (Å²) in [5.74, 6) is -3.47. The first-order valence-electron chi connectivity index (χ1n) is 12.2. The van der Waals surface area contributed by atoms with Crippen LogP contribution in [0.4, 0.5) is 13.2 Å². The van der Waals surface area contributed by atoms with E-state index in [0.29, 0.717) is 37.1 Å². The van der Waals surface area contributed by atoms with E-state index < -0.39 is 41.8 Å². The largest absolute Gasteiger partial charge is 0.491 e. The maximum atomic E-state index is 14.0. The number of alkyl halides is 3. The SMILES string of the molecule is O=C(c1nc(Cl)c2n1CCCC2)N1C(OC(=O)C(F)(F)F)CC(O)(c2ccccc2)C2CCCCC21. The number of hydrogen-bond donors (Lipinski definition) is 1. The number of fused-ring (bicyclic) bond motifs is 2. The van der Waals surface area contributed by atoms with Crippen molar-refractivity contribution in [3.8, 4) is 0 Å². The van der Waals surface area contributed by atoms with Crippen LogP contribution in [0.25, 0.3) is 0 Å². The van der Waals surface area contributed by atoms with Crippen LogP contribution in [0.5, 0.6) is 0 Å². The maximum absolute atomic E-state index is 14.0. The molecule has 1 aromatic heterocycles. The zero-order valence-corrected chi connectivity index (χ0v) is 20.3. The van der Waals surface area contributed by atoms with Gasteiger partial charge in [0.05, 0.1) is 11.3 Å². The summed E-state index contributed by atoms with van der Waals surface area (Å²) in [6.07, 6.45) is -2.38. The average molecular weight is 526 g/mol. The first kappa shape index (κ1) is 25.1. The van der Waals surface area contributed by atoms with Crippen molar-refractivity contribution >= 4 is 23.5 Å². The Kier molecular flexibility index (Phi) is 6.53. The van der Waals surface area contributed by atoms with Gasteiger partial charge in [0.1, 0.15) is 0 Å². The van der Waals surface area contributed by atoms with Crippen LogP contribution in [0.3, 0.4) is 0 Å². The van der Waals surface area contributed by atoms with Crippen molar-refractivity contribution in [3.63, 3.8) is 0 Å². The summed E-state index contributed by atoms with van der Waals surface area (Å²) in [6, 6.07) is 8.01. The Morgan fingerprint density at radius 2 is 1.83 bits per heavy atom. The molecule has 4 unspecified atom stereocenters. The Bertz CT molecular complexity index is 1160. The van der Waals surface area contributed by atoms with Crippen molar-refractivity contribution in [1.29, 1.82) is 0 Å². The highest BCUT2D eigenvalue weighted by Crippen LogP contribution is 2.50. The number of imidazole rings is 1. The van der Waals surface area contributed by atoms with E-state index >= 15 is 0 Å². The van der Waals surface area contributed by atoms with Gasteiger partial charge in [0.2, 0.25) is 5.82 Å². The Balaban J connectivity index is 1.59. The lowest BCUT2D eigenvalue weighted by atomic mass is 9.65. The Morgan fingerprint density at radius 3 is 2.56 bits per heavy atom. The molecule has 194 valence electrons. The van der Waals surface area contributed by atoms with E-state index in [1.54, 1.807) is 34.9 Å². The molecule has 0 radical (unpaired) electrons. The van der Waals surface area contributed by atoms with Gasteiger partial charge >= 0.3 is 12.1 Å². The van der Waals surface area contributed by atoms with Gasteiger partial charge in [-0.25, -0.2) is 9.78 Å². The van der Waals surface area contributed by atoms with Crippen LogP contribution < -0.4 is 0 Å². The average Bonchev–Trinajstić information content (AvgIpc) is 3.20. The van der Waals surface area contributed by atoms with Crippen LogP contribution in [0.2, 0.25) is 5.15 Å². The fourth-order valence-corrected chi connectivity index (χ4v) is 6.41. The van der Waals surface area contributed by atoms with Gasteiger partial charge in [-0.2, -0.15) is 13.2 Å². The summed E-state index contributed by atoms with van der Waals surface area (Å²) in [6.45, 7) is 0.513. The second-order valence-electron chi connectivity index (χ2n) is 9.80. The molecule has 0 bridgehead atoms. The second kappa shape index (κ2) is 9.37. The van der Waals surface area contributed by atoms with Crippen molar-refractivity contribution in [2.45, 2.75) is 82.0 Å². The highest BCUT2D eigenvalue weighted by Gasteiger charge is 2.57. The van der Waals surface area contributed by atoms with Crippen LogP contribution in [0, 0.1) is 5.92 Å². The molecule has 11 heteroatoms. The van der Waals surface area contributed by atoms with Gasteiger partial charge in [-0.15, -0.1) is 0 Å². The van der Waals surface area contributed by atoms with Gasteiger partial charge in [-0.1, -0.05) is 54.8 Å². The standard InChI is InChI=1S/C25H27ClF3N3O4/c26-20-18-12-6-7-13-31(18)21(30-20)22(33)32-17-11-5-4-10-16(17)24(35,15-8-2-1-3-9-15)14-19(32)36-23(34)25(27,28)29/h1-3,8-9,16-17,19,35H,4-7,10-14H2. The highest BCUT2D eigenvalue weighted by atomic mass is 35.5. The first-order chi connectivity index (χ1) is 17.1. The van der Waals surface area contributed by atoms with Gasteiger partial charge in [-0.05, 0) is 37.7 Å². The predicted molar refractivity (Wildman–Crippen MR) is 123 cm³/mol. The predicted octanol–water partition coefficient (Wildman–Crippen LogP) is 4.60. The van der Waals surface area contributed by atoms with E-state index in [-0.39, 0.29) is 17.4 Å². The second-order valence-corrected chi connectivity index (χ2v) is 10.2. The van der Waals surface area contributed by atoms with E-state index in [1.165, 1.54) is 4.90 Å². The van der Waals surface area contributed by atoms with Crippen molar-refractivity contribution in [2.75, 3.05) is 0 Å². The molecule has 2 aromatic rings. The lowest BCUT2D eigenvalue weighted by Gasteiger charge is -2.54. The molecule has 1 saturated carbocycles. The Morgan fingerprint density at radius 1 is 1.11 bits per heavy atom. The number of aliphatic hydroxyl groups is 1. The lowest BCUT2D eigenvalue weighted by molar-refractivity contribution is -0.231. The van der Waals surface area contributed by atoms with Crippen molar-refractivity contribution in [2.24, 2.45) is 5.92 Å². The zero-order valence-electron chi connectivity index (χ0n) is 19.5. The number of ether oxygens (including phenoxy) is 1. The Labute approximate surface area is 211 Å². The minimum atomic E-state index is -5.25. The number of piperidine rings is 1. The molecule has 1 N–H and O–H groups in total. The molecule has 1 amide bonds. The van der Waals surface area contributed by atoms with Crippen molar-refractivity contribution < 1.29 is 32.6 Å². The number of likely N-dealkylation sites (tertiary alicyclic amines) is 1. The maximum Gasteiger partial charge on any atom is 0.491 e.